The Labute approximate surface area is 185 Å². The molecule has 1 unspecified atom stereocenters. The van der Waals surface area contributed by atoms with Crippen LogP contribution in [-0.4, -0.2) is 67.0 Å². The van der Waals surface area contributed by atoms with Crippen molar-refractivity contribution in [3.8, 4) is 5.75 Å². The van der Waals surface area contributed by atoms with Crippen LogP contribution in [0, 0.1) is 5.92 Å². The molecule has 1 fully saturated rings. The molecule has 0 spiro atoms. The standard InChI is InChI=1S/C24H36N2O5/c1-7-30-23(29)18-11-13-26(14-12-18)21(27)16-25(6)22(28)17(2)31-20-10-8-9-19(15-20)24(3,4)5/h8-10,15,17-18H,7,11-14,16H2,1-6H3. The first-order valence-corrected chi connectivity index (χ1v) is 11.0. The Hall–Kier alpha value is -2.57. The van der Waals surface area contributed by atoms with Crippen molar-refractivity contribution in [3.05, 3.63) is 29.8 Å². The first-order chi connectivity index (χ1) is 14.5. The Bertz CT molecular complexity index is 778. The van der Waals surface area contributed by atoms with E-state index in [-0.39, 0.29) is 35.7 Å². The van der Waals surface area contributed by atoms with E-state index in [0.717, 1.165) is 5.56 Å². The molecular weight excluding hydrogens is 396 g/mol. The molecule has 2 rings (SSSR count). The fourth-order valence-corrected chi connectivity index (χ4v) is 3.61. The highest BCUT2D eigenvalue weighted by Crippen LogP contribution is 2.26. The third-order valence-electron chi connectivity index (χ3n) is 5.58. The number of likely N-dealkylation sites (tertiary alicyclic amines) is 1. The Morgan fingerprint density at radius 3 is 2.42 bits per heavy atom. The van der Waals surface area contributed by atoms with Gasteiger partial charge in [-0.15, -0.1) is 0 Å². The Balaban J connectivity index is 1.86. The van der Waals surface area contributed by atoms with Crippen LogP contribution in [0.25, 0.3) is 0 Å². The maximum atomic E-state index is 12.7. The zero-order valence-electron chi connectivity index (χ0n) is 19.6. The van der Waals surface area contributed by atoms with Crippen molar-refractivity contribution in [1.29, 1.82) is 0 Å². The zero-order chi connectivity index (χ0) is 23.2. The first-order valence-electron chi connectivity index (χ1n) is 11.0. The van der Waals surface area contributed by atoms with Crippen molar-refractivity contribution in [3.63, 3.8) is 0 Å². The molecule has 1 aliphatic heterocycles. The molecule has 1 aromatic rings. The molecule has 7 heteroatoms. The van der Waals surface area contributed by atoms with Gasteiger partial charge in [-0.25, -0.2) is 0 Å². The Morgan fingerprint density at radius 2 is 1.84 bits per heavy atom. The maximum Gasteiger partial charge on any atom is 0.309 e. The number of esters is 1. The lowest BCUT2D eigenvalue weighted by Crippen LogP contribution is -2.47. The highest BCUT2D eigenvalue weighted by molar-refractivity contribution is 5.87. The number of benzene rings is 1. The van der Waals surface area contributed by atoms with Gasteiger partial charge in [0.05, 0.1) is 19.1 Å². The number of carbonyl (C=O) groups is 3. The summed E-state index contributed by atoms with van der Waals surface area (Å²) in [7, 11) is 1.61. The fourth-order valence-electron chi connectivity index (χ4n) is 3.61. The van der Waals surface area contributed by atoms with Crippen LogP contribution in [0.3, 0.4) is 0 Å². The molecule has 7 nitrogen and oxygen atoms in total. The van der Waals surface area contributed by atoms with Crippen molar-refractivity contribution in [1.82, 2.24) is 9.80 Å². The van der Waals surface area contributed by atoms with Crippen LogP contribution < -0.4 is 4.74 Å². The summed E-state index contributed by atoms with van der Waals surface area (Å²) in [5.74, 6) is -0.0888. The predicted octanol–water partition coefficient (Wildman–Crippen LogP) is 3.01. The molecule has 172 valence electrons. The molecule has 1 aliphatic rings. The van der Waals surface area contributed by atoms with Gasteiger partial charge in [-0.1, -0.05) is 32.9 Å². The molecular formula is C24H36N2O5. The van der Waals surface area contributed by atoms with Gasteiger partial charge in [0, 0.05) is 20.1 Å². The molecule has 1 heterocycles. The van der Waals surface area contributed by atoms with Gasteiger partial charge in [0.15, 0.2) is 6.10 Å². The van der Waals surface area contributed by atoms with Gasteiger partial charge in [0.1, 0.15) is 5.75 Å². The van der Waals surface area contributed by atoms with E-state index in [0.29, 0.717) is 38.3 Å². The largest absolute Gasteiger partial charge is 0.481 e. The fraction of sp³-hybridized carbons (Fsp3) is 0.625. The minimum absolute atomic E-state index is 0.0152. The third kappa shape index (κ3) is 6.97. The Kier molecular flexibility index (Phi) is 8.48. The lowest BCUT2D eigenvalue weighted by Gasteiger charge is -2.32. The van der Waals surface area contributed by atoms with Crippen molar-refractivity contribution in [2.75, 3.05) is 33.3 Å². The predicted molar refractivity (Wildman–Crippen MR) is 119 cm³/mol. The highest BCUT2D eigenvalue weighted by atomic mass is 16.5. The van der Waals surface area contributed by atoms with E-state index in [4.69, 9.17) is 9.47 Å². The number of piperidine rings is 1. The van der Waals surface area contributed by atoms with E-state index in [1.807, 2.05) is 24.3 Å². The second kappa shape index (κ2) is 10.6. The van der Waals surface area contributed by atoms with Crippen LogP contribution in [0.1, 0.15) is 53.0 Å². The van der Waals surface area contributed by atoms with Crippen molar-refractivity contribution >= 4 is 17.8 Å². The summed E-state index contributed by atoms with van der Waals surface area (Å²) < 4.78 is 10.9. The number of carbonyl (C=O) groups excluding carboxylic acids is 3. The van der Waals surface area contributed by atoms with E-state index in [1.54, 1.807) is 25.8 Å². The smallest absolute Gasteiger partial charge is 0.309 e. The SMILES string of the molecule is CCOC(=O)C1CCN(C(=O)CN(C)C(=O)C(C)Oc2cccc(C(C)(C)C)c2)CC1. The molecule has 0 radical (unpaired) electrons. The van der Waals surface area contributed by atoms with E-state index >= 15 is 0 Å². The second-order valence-corrected chi connectivity index (χ2v) is 9.14. The topological polar surface area (TPSA) is 76.2 Å². The summed E-state index contributed by atoms with van der Waals surface area (Å²) in [6, 6.07) is 7.73. The van der Waals surface area contributed by atoms with Crippen LogP contribution in [0.2, 0.25) is 0 Å². The molecule has 1 atom stereocenters. The molecule has 0 N–H and O–H groups in total. The molecule has 0 aromatic heterocycles. The van der Waals surface area contributed by atoms with Crippen LogP contribution in [0.4, 0.5) is 0 Å². The molecule has 0 saturated carbocycles. The van der Waals surface area contributed by atoms with E-state index < -0.39 is 6.10 Å². The molecule has 31 heavy (non-hydrogen) atoms. The second-order valence-electron chi connectivity index (χ2n) is 9.14. The molecule has 1 saturated heterocycles. The molecule has 1 aromatic carbocycles. The van der Waals surface area contributed by atoms with E-state index in [2.05, 4.69) is 20.8 Å². The van der Waals surface area contributed by atoms with Gasteiger partial charge in [0.2, 0.25) is 5.91 Å². The molecule has 2 amide bonds. The van der Waals surface area contributed by atoms with Crippen LogP contribution >= 0.6 is 0 Å². The summed E-state index contributed by atoms with van der Waals surface area (Å²) in [4.78, 5) is 40.3. The number of rotatable bonds is 7. The van der Waals surface area contributed by atoms with Gasteiger partial charge < -0.3 is 19.3 Å². The van der Waals surface area contributed by atoms with Crippen molar-refractivity contribution in [2.45, 2.75) is 59.0 Å². The summed E-state index contributed by atoms with van der Waals surface area (Å²) in [6.07, 6.45) is 0.472. The van der Waals surface area contributed by atoms with Gasteiger partial charge in [-0.05, 0) is 49.8 Å². The van der Waals surface area contributed by atoms with Gasteiger partial charge >= 0.3 is 5.97 Å². The Morgan fingerprint density at radius 1 is 1.19 bits per heavy atom. The number of ether oxygens (including phenoxy) is 2. The number of hydrogen-bond acceptors (Lipinski definition) is 5. The highest BCUT2D eigenvalue weighted by Gasteiger charge is 2.30. The summed E-state index contributed by atoms with van der Waals surface area (Å²) in [5, 5.41) is 0. The van der Waals surface area contributed by atoms with Crippen LogP contribution in [-0.2, 0) is 24.5 Å². The molecule has 0 bridgehead atoms. The van der Waals surface area contributed by atoms with E-state index in [9.17, 15) is 14.4 Å². The summed E-state index contributed by atoms with van der Waals surface area (Å²) in [6.45, 7) is 11.2. The lowest BCUT2D eigenvalue weighted by atomic mass is 9.87. The summed E-state index contributed by atoms with van der Waals surface area (Å²) >= 11 is 0. The quantitative estimate of drug-likeness (QED) is 0.619. The average molecular weight is 433 g/mol. The normalized spacial score (nSPS) is 15.9. The van der Waals surface area contributed by atoms with E-state index in [1.165, 1.54) is 4.90 Å². The number of hydrogen-bond donors (Lipinski definition) is 0. The van der Waals surface area contributed by atoms with Gasteiger partial charge in [-0.3, -0.25) is 14.4 Å². The maximum absolute atomic E-state index is 12.7. The van der Waals surface area contributed by atoms with Gasteiger partial charge in [0.25, 0.3) is 5.91 Å². The summed E-state index contributed by atoms with van der Waals surface area (Å²) in [5.41, 5.74) is 1.11. The average Bonchev–Trinajstić information content (AvgIpc) is 2.73. The molecule has 0 aliphatic carbocycles. The van der Waals surface area contributed by atoms with Crippen LogP contribution in [0.15, 0.2) is 24.3 Å². The van der Waals surface area contributed by atoms with Crippen LogP contribution in [0.5, 0.6) is 5.75 Å². The minimum atomic E-state index is -0.706. The zero-order valence-corrected chi connectivity index (χ0v) is 19.6. The first kappa shape index (κ1) is 24.7. The lowest BCUT2D eigenvalue weighted by molar-refractivity contribution is -0.151. The minimum Gasteiger partial charge on any atom is -0.481 e. The number of nitrogens with zero attached hydrogens (tertiary/aromatic N) is 2. The number of likely N-dealkylation sites (N-methyl/N-ethyl adjacent to an activating group) is 1. The van der Waals surface area contributed by atoms with Crippen molar-refractivity contribution in [2.24, 2.45) is 5.92 Å². The van der Waals surface area contributed by atoms with Crippen molar-refractivity contribution < 1.29 is 23.9 Å². The van der Waals surface area contributed by atoms with Gasteiger partial charge in [-0.2, -0.15) is 0 Å². The number of amides is 2. The third-order valence-corrected chi connectivity index (χ3v) is 5.58. The monoisotopic (exact) mass is 432 g/mol.